The quantitative estimate of drug-likeness (QED) is 0.830. The van der Waals surface area contributed by atoms with Crippen LogP contribution in [0.2, 0.25) is 5.02 Å². The summed E-state index contributed by atoms with van der Waals surface area (Å²) in [5.74, 6) is 1.06. The highest BCUT2D eigenvalue weighted by Crippen LogP contribution is 2.25. The minimum atomic E-state index is 0.142. The van der Waals surface area contributed by atoms with Crippen molar-refractivity contribution in [3.8, 4) is 11.4 Å². The number of hydrogen-bond acceptors (Lipinski definition) is 5. The Balaban J connectivity index is 1.54. The zero-order chi connectivity index (χ0) is 16.9. The fraction of sp³-hybridized carbons (Fsp3) is 0.471. The van der Waals surface area contributed by atoms with Crippen LogP contribution in [0.25, 0.3) is 11.4 Å². The van der Waals surface area contributed by atoms with Crippen molar-refractivity contribution in [1.82, 2.24) is 19.9 Å². The Kier molecular flexibility index (Phi) is 5.48. The summed E-state index contributed by atoms with van der Waals surface area (Å²) >= 11 is 6.13. The highest BCUT2D eigenvalue weighted by atomic mass is 35.5. The lowest BCUT2D eigenvalue weighted by atomic mass is 10.2. The number of carbonyl (C=O) groups is 1. The van der Waals surface area contributed by atoms with Crippen LogP contribution in [0, 0.1) is 0 Å². The summed E-state index contributed by atoms with van der Waals surface area (Å²) in [7, 11) is 0. The molecule has 0 aliphatic carbocycles. The molecule has 2 aromatic rings. The molecule has 0 bridgehead atoms. The molecule has 24 heavy (non-hydrogen) atoms. The summed E-state index contributed by atoms with van der Waals surface area (Å²) in [5.41, 5.74) is 0.733. The SMILES string of the molecule is CCN1CCN(C(=O)CCc2nc(-c3ccccc3Cl)no2)CC1. The Bertz CT molecular complexity index is 695. The van der Waals surface area contributed by atoms with E-state index in [0.29, 0.717) is 29.6 Å². The molecule has 0 spiro atoms. The number of rotatable bonds is 5. The maximum Gasteiger partial charge on any atom is 0.227 e. The van der Waals surface area contributed by atoms with Crippen LogP contribution in [0.1, 0.15) is 19.2 Å². The second-order valence-electron chi connectivity index (χ2n) is 5.81. The van der Waals surface area contributed by atoms with E-state index in [1.165, 1.54) is 0 Å². The van der Waals surface area contributed by atoms with Gasteiger partial charge >= 0.3 is 0 Å². The molecule has 1 aromatic carbocycles. The topological polar surface area (TPSA) is 62.5 Å². The Morgan fingerprint density at radius 1 is 1.25 bits per heavy atom. The number of hydrogen-bond donors (Lipinski definition) is 0. The maximum absolute atomic E-state index is 12.3. The number of halogens is 1. The predicted molar refractivity (Wildman–Crippen MR) is 91.8 cm³/mol. The molecule has 2 heterocycles. The van der Waals surface area contributed by atoms with Crippen LogP contribution in [-0.4, -0.2) is 58.6 Å². The number of piperazine rings is 1. The molecule has 1 amide bonds. The molecule has 128 valence electrons. The summed E-state index contributed by atoms with van der Waals surface area (Å²) in [4.78, 5) is 20.9. The predicted octanol–water partition coefficient (Wildman–Crippen LogP) is 2.49. The first-order valence-corrected chi connectivity index (χ1v) is 8.62. The van der Waals surface area contributed by atoms with E-state index in [2.05, 4.69) is 22.0 Å². The Morgan fingerprint density at radius 2 is 2.00 bits per heavy atom. The van der Waals surface area contributed by atoms with Gasteiger partial charge in [-0.05, 0) is 18.7 Å². The van der Waals surface area contributed by atoms with Gasteiger partial charge < -0.3 is 14.3 Å². The monoisotopic (exact) mass is 348 g/mol. The number of nitrogens with zero attached hydrogens (tertiary/aromatic N) is 4. The maximum atomic E-state index is 12.3. The normalized spacial score (nSPS) is 15.7. The molecule has 0 saturated carbocycles. The number of benzene rings is 1. The van der Waals surface area contributed by atoms with E-state index in [0.717, 1.165) is 38.3 Å². The summed E-state index contributed by atoms with van der Waals surface area (Å²) < 4.78 is 5.25. The average Bonchev–Trinajstić information content (AvgIpc) is 3.09. The largest absolute Gasteiger partial charge is 0.340 e. The van der Waals surface area contributed by atoms with Gasteiger partial charge in [0, 0.05) is 44.6 Å². The van der Waals surface area contributed by atoms with Crippen molar-refractivity contribution in [2.24, 2.45) is 0 Å². The molecule has 0 unspecified atom stereocenters. The third kappa shape index (κ3) is 3.94. The van der Waals surface area contributed by atoms with E-state index in [1.807, 2.05) is 23.1 Å². The van der Waals surface area contributed by atoms with Gasteiger partial charge in [-0.25, -0.2) is 0 Å². The molecule has 0 N–H and O–H groups in total. The van der Waals surface area contributed by atoms with Crippen LogP contribution >= 0.6 is 11.6 Å². The summed E-state index contributed by atoms with van der Waals surface area (Å²) in [5, 5.41) is 4.54. The van der Waals surface area contributed by atoms with Crippen molar-refractivity contribution >= 4 is 17.5 Å². The smallest absolute Gasteiger partial charge is 0.227 e. The first kappa shape index (κ1) is 16.9. The van der Waals surface area contributed by atoms with Crippen molar-refractivity contribution in [3.63, 3.8) is 0 Å². The molecular weight excluding hydrogens is 328 g/mol. The minimum Gasteiger partial charge on any atom is -0.340 e. The molecule has 7 heteroatoms. The average molecular weight is 349 g/mol. The number of likely N-dealkylation sites (N-methyl/N-ethyl adjacent to an activating group) is 1. The van der Waals surface area contributed by atoms with Crippen LogP contribution in [0.4, 0.5) is 0 Å². The van der Waals surface area contributed by atoms with Gasteiger partial charge in [0.15, 0.2) is 0 Å². The molecule has 1 fully saturated rings. The number of aryl methyl sites for hydroxylation is 1. The molecule has 0 radical (unpaired) electrons. The van der Waals surface area contributed by atoms with Crippen molar-refractivity contribution in [1.29, 1.82) is 0 Å². The summed E-state index contributed by atoms with van der Waals surface area (Å²) in [6.07, 6.45) is 0.834. The van der Waals surface area contributed by atoms with E-state index < -0.39 is 0 Å². The van der Waals surface area contributed by atoms with E-state index in [9.17, 15) is 4.79 Å². The minimum absolute atomic E-state index is 0.142. The third-order valence-corrected chi connectivity index (χ3v) is 4.64. The Labute approximate surface area is 146 Å². The van der Waals surface area contributed by atoms with E-state index >= 15 is 0 Å². The van der Waals surface area contributed by atoms with E-state index in [4.69, 9.17) is 16.1 Å². The molecule has 0 atom stereocenters. The van der Waals surface area contributed by atoms with Crippen molar-refractivity contribution in [2.75, 3.05) is 32.7 Å². The highest BCUT2D eigenvalue weighted by molar-refractivity contribution is 6.33. The number of amides is 1. The summed E-state index contributed by atoms with van der Waals surface area (Å²) in [6.45, 7) is 6.65. The van der Waals surface area contributed by atoms with E-state index in [-0.39, 0.29) is 5.91 Å². The lowest BCUT2D eigenvalue weighted by Crippen LogP contribution is -2.48. The molecule has 3 rings (SSSR count). The van der Waals surface area contributed by atoms with Crippen LogP contribution in [-0.2, 0) is 11.2 Å². The van der Waals surface area contributed by atoms with Gasteiger partial charge in [0.25, 0.3) is 0 Å². The van der Waals surface area contributed by atoms with Gasteiger partial charge in [-0.3, -0.25) is 4.79 Å². The Morgan fingerprint density at radius 3 is 2.71 bits per heavy atom. The second kappa shape index (κ2) is 7.77. The van der Waals surface area contributed by atoms with Crippen LogP contribution in [0.15, 0.2) is 28.8 Å². The van der Waals surface area contributed by atoms with Crippen molar-refractivity contribution in [2.45, 2.75) is 19.8 Å². The fourth-order valence-corrected chi connectivity index (χ4v) is 3.01. The van der Waals surface area contributed by atoms with Crippen LogP contribution in [0.3, 0.4) is 0 Å². The van der Waals surface area contributed by atoms with Gasteiger partial charge in [0.05, 0.1) is 5.02 Å². The van der Waals surface area contributed by atoms with Gasteiger partial charge in [0.2, 0.25) is 17.6 Å². The van der Waals surface area contributed by atoms with Gasteiger partial charge in [-0.15, -0.1) is 0 Å². The van der Waals surface area contributed by atoms with Gasteiger partial charge in [-0.1, -0.05) is 35.8 Å². The lowest BCUT2D eigenvalue weighted by Gasteiger charge is -2.34. The molecule has 1 saturated heterocycles. The molecule has 1 aliphatic heterocycles. The first-order chi connectivity index (χ1) is 11.7. The molecular formula is C17H21ClN4O2. The second-order valence-corrected chi connectivity index (χ2v) is 6.21. The zero-order valence-electron chi connectivity index (χ0n) is 13.7. The van der Waals surface area contributed by atoms with Crippen molar-refractivity contribution in [3.05, 3.63) is 35.2 Å². The van der Waals surface area contributed by atoms with Crippen molar-refractivity contribution < 1.29 is 9.32 Å². The molecule has 1 aromatic heterocycles. The molecule has 6 nitrogen and oxygen atoms in total. The van der Waals surface area contributed by atoms with E-state index in [1.54, 1.807) is 6.07 Å². The lowest BCUT2D eigenvalue weighted by molar-refractivity contribution is -0.132. The first-order valence-electron chi connectivity index (χ1n) is 8.25. The van der Waals surface area contributed by atoms with Crippen LogP contribution in [0.5, 0.6) is 0 Å². The standard InChI is InChI=1S/C17H21ClN4O2/c1-2-21-9-11-22(12-10-21)16(23)8-7-15-19-17(20-24-15)13-5-3-4-6-14(13)18/h3-6H,2,7-12H2,1H3. The number of carbonyl (C=O) groups excluding carboxylic acids is 1. The molecule has 1 aliphatic rings. The third-order valence-electron chi connectivity index (χ3n) is 4.31. The van der Waals surface area contributed by atoms with Gasteiger partial charge in [-0.2, -0.15) is 4.98 Å². The Hall–Kier alpha value is -1.92. The van der Waals surface area contributed by atoms with Gasteiger partial charge in [0.1, 0.15) is 0 Å². The fourth-order valence-electron chi connectivity index (χ4n) is 2.79. The number of aromatic nitrogens is 2. The highest BCUT2D eigenvalue weighted by Gasteiger charge is 2.20. The van der Waals surface area contributed by atoms with Crippen LogP contribution < -0.4 is 0 Å². The zero-order valence-corrected chi connectivity index (χ0v) is 14.5. The summed E-state index contributed by atoms with van der Waals surface area (Å²) in [6, 6.07) is 7.35.